The van der Waals surface area contributed by atoms with Crippen molar-refractivity contribution >= 4 is 52.5 Å². The lowest BCUT2D eigenvalue weighted by Gasteiger charge is -2.14. The standard InChI is InChI=1S/C19H17ClN2O3S/c1-12-7-8-13(20)9-15(12)21-17(23)11-26-16-10-18(24)22(19(16)25)14-5-3-2-4-6-14/h2-9,16H,10-11H2,1H3,(H,21,23)/t16-/m0/s1. The van der Waals surface area contributed by atoms with Crippen LogP contribution in [0.4, 0.5) is 11.4 Å². The maximum absolute atomic E-state index is 12.5. The molecule has 1 aliphatic heterocycles. The maximum Gasteiger partial charge on any atom is 0.247 e. The van der Waals surface area contributed by atoms with Gasteiger partial charge in [0.15, 0.2) is 0 Å². The maximum atomic E-state index is 12.5. The number of nitrogens with one attached hydrogen (secondary N) is 1. The summed E-state index contributed by atoms with van der Waals surface area (Å²) < 4.78 is 0. The summed E-state index contributed by atoms with van der Waals surface area (Å²) >= 11 is 7.12. The number of carbonyl (C=O) groups excluding carboxylic acids is 3. The van der Waals surface area contributed by atoms with Crippen molar-refractivity contribution in [2.45, 2.75) is 18.6 Å². The minimum atomic E-state index is -0.547. The van der Waals surface area contributed by atoms with E-state index in [1.54, 1.807) is 36.4 Å². The van der Waals surface area contributed by atoms with Crippen LogP contribution in [0.1, 0.15) is 12.0 Å². The molecule has 1 N–H and O–H groups in total. The molecule has 0 aliphatic carbocycles. The van der Waals surface area contributed by atoms with Crippen LogP contribution in [0.2, 0.25) is 5.02 Å². The first-order valence-corrected chi connectivity index (χ1v) is 9.48. The highest BCUT2D eigenvalue weighted by atomic mass is 35.5. The highest BCUT2D eigenvalue weighted by molar-refractivity contribution is 8.01. The van der Waals surface area contributed by atoms with Gasteiger partial charge in [-0.05, 0) is 36.8 Å². The Morgan fingerprint density at radius 1 is 1.23 bits per heavy atom. The van der Waals surface area contributed by atoms with E-state index in [0.717, 1.165) is 5.56 Å². The number of amides is 3. The lowest BCUT2D eigenvalue weighted by molar-refractivity contribution is -0.121. The number of nitrogens with zero attached hydrogens (tertiary/aromatic N) is 1. The van der Waals surface area contributed by atoms with Gasteiger partial charge >= 0.3 is 0 Å². The molecule has 3 rings (SSSR count). The molecule has 0 radical (unpaired) electrons. The number of halogens is 1. The van der Waals surface area contributed by atoms with Crippen LogP contribution in [0.25, 0.3) is 0 Å². The van der Waals surface area contributed by atoms with Crippen molar-refractivity contribution in [3.8, 4) is 0 Å². The molecule has 0 spiro atoms. The summed E-state index contributed by atoms with van der Waals surface area (Å²) in [6, 6.07) is 14.1. The normalized spacial score (nSPS) is 16.8. The van der Waals surface area contributed by atoms with Gasteiger partial charge in [-0.3, -0.25) is 14.4 Å². The van der Waals surface area contributed by atoms with E-state index in [1.165, 1.54) is 16.7 Å². The van der Waals surface area contributed by atoms with Crippen LogP contribution in [-0.4, -0.2) is 28.7 Å². The molecule has 5 nitrogen and oxygen atoms in total. The fraction of sp³-hybridized carbons (Fsp3) is 0.211. The van der Waals surface area contributed by atoms with Crippen molar-refractivity contribution in [3.63, 3.8) is 0 Å². The van der Waals surface area contributed by atoms with Crippen molar-refractivity contribution in [2.24, 2.45) is 0 Å². The fourth-order valence-corrected chi connectivity index (χ4v) is 3.78. The summed E-state index contributed by atoms with van der Waals surface area (Å²) in [5.41, 5.74) is 2.10. The third-order valence-electron chi connectivity index (χ3n) is 4.01. The van der Waals surface area contributed by atoms with E-state index < -0.39 is 5.25 Å². The van der Waals surface area contributed by atoms with Crippen LogP contribution in [0, 0.1) is 6.92 Å². The van der Waals surface area contributed by atoms with E-state index in [4.69, 9.17) is 11.6 Å². The van der Waals surface area contributed by atoms with Crippen LogP contribution >= 0.6 is 23.4 Å². The van der Waals surface area contributed by atoms with Gasteiger partial charge in [0.1, 0.15) is 0 Å². The first-order chi connectivity index (χ1) is 12.5. The summed E-state index contributed by atoms with van der Waals surface area (Å²) in [5.74, 6) is -0.681. The Morgan fingerprint density at radius 3 is 2.69 bits per heavy atom. The van der Waals surface area contributed by atoms with Crippen molar-refractivity contribution in [3.05, 3.63) is 59.1 Å². The Labute approximate surface area is 160 Å². The van der Waals surface area contributed by atoms with Gasteiger partial charge in [0, 0.05) is 17.1 Å². The van der Waals surface area contributed by atoms with Crippen LogP contribution in [0.15, 0.2) is 48.5 Å². The van der Waals surface area contributed by atoms with Gasteiger partial charge in [-0.25, -0.2) is 4.90 Å². The number of benzene rings is 2. The Bertz CT molecular complexity index is 857. The van der Waals surface area contributed by atoms with Gasteiger partial charge in [0.25, 0.3) is 0 Å². The fourth-order valence-electron chi connectivity index (χ4n) is 2.67. The Kier molecular flexibility index (Phi) is 5.64. The molecule has 0 unspecified atom stereocenters. The number of rotatable bonds is 5. The van der Waals surface area contributed by atoms with E-state index in [-0.39, 0.29) is 29.9 Å². The van der Waals surface area contributed by atoms with E-state index in [2.05, 4.69) is 5.32 Å². The molecule has 1 saturated heterocycles. The Hall–Kier alpha value is -2.31. The third-order valence-corrected chi connectivity index (χ3v) is 5.44. The Morgan fingerprint density at radius 2 is 1.96 bits per heavy atom. The number of thioether (sulfide) groups is 1. The molecule has 3 amide bonds. The van der Waals surface area contributed by atoms with Crippen LogP contribution in [0.3, 0.4) is 0 Å². The number of para-hydroxylation sites is 1. The Balaban J connectivity index is 1.60. The number of anilines is 2. The zero-order valence-corrected chi connectivity index (χ0v) is 15.6. The summed E-state index contributed by atoms with van der Waals surface area (Å²) in [6.45, 7) is 1.87. The van der Waals surface area contributed by atoms with Crippen molar-refractivity contribution < 1.29 is 14.4 Å². The van der Waals surface area contributed by atoms with E-state index in [1.807, 2.05) is 19.1 Å². The van der Waals surface area contributed by atoms with E-state index >= 15 is 0 Å². The first-order valence-electron chi connectivity index (χ1n) is 8.05. The molecule has 26 heavy (non-hydrogen) atoms. The molecule has 1 atom stereocenters. The number of imide groups is 1. The van der Waals surface area contributed by atoms with Gasteiger partial charge in [0.05, 0.1) is 16.7 Å². The largest absolute Gasteiger partial charge is 0.325 e. The summed E-state index contributed by atoms with van der Waals surface area (Å²) in [5, 5.41) is 2.78. The summed E-state index contributed by atoms with van der Waals surface area (Å²) in [4.78, 5) is 38.1. The van der Waals surface area contributed by atoms with Crippen LogP contribution < -0.4 is 10.2 Å². The van der Waals surface area contributed by atoms with E-state index in [0.29, 0.717) is 16.4 Å². The SMILES string of the molecule is Cc1ccc(Cl)cc1NC(=O)CS[C@H]1CC(=O)N(c2ccccc2)C1=O. The zero-order chi connectivity index (χ0) is 18.7. The molecule has 1 aliphatic rings. The second-order valence-corrected chi connectivity index (χ2v) is 7.54. The van der Waals surface area contributed by atoms with Gasteiger partial charge in [-0.15, -0.1) is 11.8 Å². The molecule has 1 heterocycles. The molecule has 134 valence electrons. The van der Waals surface area contributed by atoms with Crippen LogP contribution in [0.5, 0.6) is 0 Å². The lowest BCUT2D eigenvalue weighted by atomic mass is 10.2. The summed E-state index contributed by atoms with van der Waals surface area (Å²) in [7, 11) is 0. The van der Waals surface area contributed by atoms with Gasteiger partial charge in [-0.2, -0.15) is 0 Å². The number of carbonyl (C=O) groups is 3. The average Bonchev–Trinajstić information content (AvgIpc) is 2.91. The van der Waals surface area contributed by atoms with Gasteiger partial charge in [-0.1, -0.05) is 35.9 Å². The molecular formula is C19H17ClN2O3S. The molecule has 0 saturated carbocycles. The molecule has 0 bridgehead atoms. The monoisotopic (exact) mass is 388 g/mol. The molecular weight excluding hydrogens is 372 g/mol. The summed E-state index contributed by atoms with van der Waals surface area (Å²) in [6.07, 6.45) is 0.0991. The van der Waals surface area contributed by atoms with Crippen molar-refractivity contribution in [1.29, 1.82) is 0 Å². The number of aryl methyl sites for hydroxylation is 1. The lowest BCUT2D eigenvalue weighted by Crippen LogP contribution is -2.31. The highest BCUT2D eigenvalue weighted by Crippen LogP contribution is 2.29. The second-order valence-electron chi connectivity index (χ2n) is 5.91. The minimum absolute atomic E-state index is 0.0816. The van der Waals surface area contributed by atoms with Crippen molar-refractivity contribution in [2.75, 3.05) is 16.0 Å². The molecule has 7 heteroatoms. The second kappa shape index (κ2) is 7.93. The van der Waals surface area contributed by atoms with Gasteiger partial charge < -0.3 is 5.32 Å². The van der Waals surface area contributed by atoms with E-state index in [9.17, 15) is 14.4 Å². The molecule has 1 fully saturated rings. The molecule has 0 aromatic heterocycles. The zero-order valence-electron chi connectivity index (χ0n) is 14.1. The molecule has 2 aromatic carbocycles. The number of hydrogen-bond donors (Lipinski definition) is 1. The van der Waals surface area contributed by atoms with Crippen LogP contribution in [-0.2, 0) is 14.4 Å². The minimum Gasteiger partial charge on any atom is -0.325 e. The highest BCUT2D eigenvalue weighted by Gasteiger charge is 2.39. The first kappa shape index (κ1) is 18.5. The van der Waals surface area contributed by atoms with Gasteiger partial charge in [0.2, 0.25) is 17.7 Å². The van der Waals surface area contributed by atoms with Crippen molar-refractivity contribution in [1.82, 2.24) is 0 Å². The third kappa shape index (κ3) is 4.08. The molecule has 2 aromatic rings. The quantitative estimate of drug-likeness (QED) is 0.794. The smallest absolute Gasteiger partial charge is 0.247 e. The topological polar surface area (TPSA) is 66.5 Å². The average molecular weight is 389 g/mol. The predicted molar refractivity (Wildman–Crippen MR) is 105 cm³/mol. The predicted octanol–water partition coefficient (Wildman–Crippen LogP) is 3.65. The number of hydrogen-bond acceptors (Lipinski definition) is 4.